The van der Waals surface area contributed by atoms with E-state index in [1.807, 2.05) is 37.3 Å². The zero-order valence-electron chi connectivity index (χ0n) is 16.0. The second kappa shape index (κ2) is 8.38. The van der Waals surface area contributed by atoms with Gasteiger partial charge in [-0.15, -0.1) is 13.2 Å². The number of rotatable bonds is 6. The maximum atomic E-state index is 13.0. The smallest absolute Gasteiger partial charge is 0.406 e. The lowest BCUT2D eigenvalue weighted by Gasteiger charge is -2.09. The first-order chi connectivity index (χ1) is 13.8. The van der Waals surface area contributed by atoms with Crippen molar-refractivity contribution in [3.05, 3.63) is 76.2 Å². The number of nitrogens with zero attached hydrogens (tertiary/aromatic N) is 2. The van der Waals surface area contributed by atoms with Crippen molar-refractivity contribution < 1.29 is 17.9 Å². The largest absolute Gasteiger partial charge is 0.573 e. The van der Waals surface area contributed by atoms with E-state index in [0.717, 1.165) is 12.1 Å². The van der Waals surface area contributed by atoms with E-state index in [1.54, 1.807) is 13.0 Å². The summed E-state index contributed by atoms with van der Waals surface area (Å²) in [6, 6.07) is 14.5. The van der Waals surface area contributed by atoms with Crippen molar-refractivity contribution in [3.8, 4) is 11.4 Å². The summed E-state index contributed by atoms with van der Waals surface area (Å²) in [5, 5.41) is 3.13. The highest BCUT2D eigenvalue weighted by Crippen LogP contribution is 2.26. The van der Waals surface area contributed by atoms with Crippen LogP contribution in [0.2, 0.25) is 0 Å². The van der Waals surface area contributed by atoms with E-state index in [9.17, 15) is 18.0 Å². The van der Waals surface area contributed by atoms with E-state index in [1.165, 1.54) is 22.9 Å². The summed E-state index contributed by atoms with van der Waals surface area (Å²) in [7, 11) is 0. The minimum atomic E-state index is -4.78. The number of halogens is 3. The summed E-state index contributed by atoms with van der Waals surface area (Å²) in [6.07, 6.45) is -3.34. The molecule has 0 aliphatic heterocycles. The summed E-state index contributed by atoms with van der Waals surface area (Å²) >= 11 is 0. The number of para-hydroxylation sites is 1. The lowest BCUT2D eigenvalue weighted by Crippen LogP contribution is -2.19. The molecule has 0 fully saturated rings. The standard InChI is InChI=1S/C21H20F3N3O2/c1-3-8-18-19(20(28)27(26-18)16-10-5-4-6-11-16)14(2)25-15-9-7-12-17(13-15)29-21(22,23)24/h4-7,9-13,26H,3,8H2,1-2H3. The summed E-state index contributed by atoms with van der Waals surface area (Å²) in [5.74, 6) is -0.365. The van der Waals surface area contributed by atoms with Gasteiger partial charge in [0.25, 0.3) is 5.56 Å². The Balaban J connectivity index is 2.02. The molecule has 1 N–H and O–H groups in total. The molecule has 0 atom stereocenters. The molecule has 0 radical (unpaired) electrons. The maximum absolute atomic E-state index is 13.0. The van der Waals surface area contributed by atoms with Gasteiger partial charge in [0.15, 0.2) is 0 Å². The molecule has 0 aliphatic carbocycles. The van der Waals surface area contributed by atoms with Crippen molar-refractivity contribution in [3.63, 3.8) is 0 Å². The molecule has 152 valence electrons. The van der Waals surface area contributed by atoms with Crippen LogP contribution < -0.4 is 10.3 Å². The van der Waals surface area contributed by atoms with Crippen LogP contribution >= 0.6 is 0 Å². The quantitative estimate of drug-likeness (QED) is 0.578. The second-order valence-electron chi connectivity index (χ2n) is 6.43. The molecule has 0 saturated carbocycles. The normalized spacial score (nSPS) is 12.2. The number of benzene rings is 2. The molecule has 5 nitrogen and oxygen atoms in total. The maximum Gasteiger partial charge on any atom is 0.573 e. The monoisotopic (exact) mass is 403 g/mol. The SMILES string of the molecule is CCCc1[nH]n(-c2ccccc2)c(=O)c1C(C)=Nc1cccc(OC(F)(F)F)c1. The third kappa shape index (κ3) is 4.96. The van der Waals surface area contributed by atoms with Gasteiger partial charge in [0.2, 0.25) is 0 Å². The van der Waals surface area contributed by atoms with Crippen molar-refractivity contribution >= 4 is 11.4 Å². The number of nitrogens with one attached hydrogen (secondary N) is 1. The molecule has 2 aromatic carbocycles. The summed E-state index contributed by atoms with van der Waals surface area (Å²) in [5.41, 5.74) is 2.24. The molecule has 0 aliphatic rings. The summed E-state index contributed by atoms with van der Waals surface area (Å²) in [6.45, 7) is 3.66. The van der Waals surface area contributed by atoms with Gasteiger partial charge in [0, 0.05) is 11.8 Å². The molecule has 3 aromatic rings. The first-order valence-electron chi connectivity index (χ1n) is 9.09. The Morgan fingerprint density at radius 2 is 1.86 bits per heavy atom. The molecule has 0 bridgehead atoms. The van der Waals surface area contributed by atoms with Crippen molar-refractivity contribution in [2.45, 2.75) is 33.1 Å². The third-order valence-electron chi connectivity index (χ3n) is 4.19. The van der Waals surface area contributed by atoms with Crippen LogP contribution in [0.5, 0.6) is 5.75 Å². The summed E-state index contributed by atoms with van der Waals surface area (Å²) < 4.78 is 42.7. The lowest BCUT2D eigenvalue weighted by molar-refractivity contribution is -0.274. The number of aryl methyl sites for hydroxylation is 1. The first-order valence-corrected chi connectivity index (χ1v) is 9.09. The van der Waals surface area contributed by atoms with Crippen molar-refractivity contribution in [1.29, 1.82) is 0 Å². The molecule has 1 heterocycles. The van der Waals surface area contributed by atoms with E-state index >= 15 is 0 Å². The van der Waals surface area contributed by atoms with Crippen molar-refractivity contribution in [2.75, 3.05) is 0 Å². The molecular formula is C21H20F3N3O2. The number of alkyl halides is 3. The molecule has 3 rings (SSSR count). The number of aromatic nitrogens is 2. The van der Waals surface area contributed by atoms with E-state index in [4.69, 9.17) is 0 Å². The van der Waals surface area contributed by atoms with Gasteiger partial charge in [-0.1, -0.05) is 37.6 Å². The molecule has 0 unspecified atom stereocenters. The fourth-order valence-electron chi connectivity index (χ4n) is 3.05. The third-order valence-corrected chi connectivity index (χ3v) is 4.19. The highest BCUT2D eigenvalue weighted by molar-refractivity contribution is 6.01. The fraction of sp³-hybridized carbons (Fsp3) is 0.238. The van der Waals surface area contributed by atoms with Crippen LogP contribution in [0.25, 0.3) is 5.69 Å². The highest BCUT2D eigenvalue weighted by atomic mass is 19.4. The van der Waals surface area contributed by atoms with Crippen molar-refractivity contribution in [2.24, 2.45) is 4.99 Å². The van der Waals surface area contributed by atoms with Gasteiger partial charge in [0.05, 0.1) is 22.6 Å². The number of aliphatic imine (C=N–C) groups is 1. The lowest BCUT2D eigenvalue weighted by atomic mass is 10.1. The van der Waals surface area contributed by atoms with E-state index in [-0.39, 0.29) is 17.0 Å². The summed E-state index contributed by atoms with van der Waals surface area (Å²) in [4.78, 5) is 17.4. The van der Waals surface area contributed by atoms with Crippen LogP contribution in [0.1, 0.15) is 31.5 Å². The van der Waals surface area contributed by atoms with E-state index in [2.05, 4.69) is 14.8 Å². The highest BCUT2D eigenvalue weighted by Gasteiger charge is 2.31. The Kier molecular flexibility index (Phi) is 5.91. The molecule has 0 spiro atoms. The number of ether oxygens (including phenoxy) is 1. The van der Waals surface area contributed by atoms with Gasteiger partial charge >= 0.3 is 6.36 Å². The van der Waals surface area contributed by atoms with Gasteiger partial charge in [-0.25, -0.2) is 4.68 Å². The van der Waals surface area contributed by atoms with Crippen LogP contribution in [0.4, 0.5) is 18.9 Å². The Morgan fingerprint density at radius 1 is 1.14 bits per heavy atom. The molecule has 0 saturated heterocycles. The number of H-pyrrole nitrogens is 1. The van der Waals surface area contributed by atoms with Gasteiger partial charge in [-0.3, -0.25) is 14.9 Å². The van der Waals surface area contributed by atoms with Crippen LogP contribution in [0.3, 0.4) is 0 Å². The van der Waals surface area contributed by atoms with Crippen LogP contribution in [0, 0.1) is 0 Å². The van der Waals surface area contributed by atoms with Crippen molar-refractivity contribution in [1.82, 2.24) is 9.78 Å². The van der Waals surface area contributed by atoms with Crippen LogP contribution in [-0.2, 0) is 6.42 Å². The molecule has 0 amide bonds. The first kappa shape index (κ1) is 20.4. The van der Waals surface area contributed by atoms with E-state index in [0.29, 0.717) is 23.4 Å². The number of aromatic amines is 1. The Morgan fingerprint density at radius 3 is 2.52 bits per heavy atom. The van der Waals surface area contributed by atoms with Gasteiger partial charge in [-0.2, -0.15) is 0 Å². The van der Waals surface area contributed by atoms with Crippen LogP contribution in [0.15, 0.2) is 64.4 Å². The van der Waals surface area contributed by atoms with E-state index < -0.39 is 6.36 Å². The second-order valence-corrected chi connectivity index (χ2v) is 6.43. The van der Waals surface area contributed by atoms with Gasteiger partial charge in [-0.05, 0) is 37.6 Å². The Hall–Kier alpha value is -3.29. The average Bonchev–Trinajstić information content (AvgIpc) is 2.98. The zero-order valence-corrected chi connectivity index (χ0v) is 16.0. The Bertz CT molecular complexity index is 1070. The number of hydrogen-bond acceptors (Lipinski definition) is 3. The fourth-order valence-corrected chi connectivity index (χ4v) is 3.05. The molecule has 29 heavy (non-hydrogen) atoms. The molecule has 1 aromatic heterocycles. The minimum absolute atomic E-state index is 0.261. The number of hydrogen-bond donors (Lipinski definition) is 1. The topological polar surface area (TPSA) is 59.4 Å². The molecule has 8 heteroatoms. The predicted octanol–water partition coefficient (Wildman–Crippen LogP) is 5.16. The zero-order chi connectivity index (χ0) is 21.0. The Labute approximate surface area is 165 Å². The predicted molar refractivity (Wildman–Crippen MR) is 105 cm³/mol. The van der Waals surface area contributed by atoms with Crippen LogP contribution in [-0.4, -0.2) is 21.9 Å². The minimum Gasteiger partial charge on any atom is -0.406 e. The van der Waals surface area contributed by atoms with Gasteiger partial charge in [0.1, 0.15) is 5.75 Å². The average molecular weight is 403 g/mol. The molecular weight excluding hydrogens is 383 g/mol. The van der Waals surface area contributed by atoms with Gasteiger partial charge < -0.3 is 4.74 Å².